The average Bonchev–Trinajstić information content (AvgIpc) is 2.84. The molecule has 2 rings (SSSR count). The van der Waals surface area contributed by atoms with E-state index in [0.29, 0.717) is 13.1 Å². The second kappa shape index (κ2) is 8.32. The van der Waals surface area contributed by atoms with Crippen LogP contribution in [0.5, 0.6) is 0 Å². The number of carbonyl (C=O) groups excluding carboxylic acids is 1. The van der Waals surface area contributed by atoms with E-state index in [1.165, 1.54) is 22.5 Å². The third-order valence-corrected chi connectivity index (χ3v) is 6.60. The summed E-state index contributed by atoms with van der Waals surface area (Å²) in [5.41, 5.74) is 0.202. The van der Waals surface area contributed by atoms with Gasteiger partial charge >= 0.3 is 0 Å². The summed E-state index contributed by atoms with van der Waals surface area (Å²) in [7, 11) is -3.60. The molecule has 0 bridgehead atoms. The van der Waals surface area contributed by atoms with E-state index in [2.05, 4.69) is 5.32 Å². The normalized spacial score (nSPS) is 18.0. The number of halogens is 1. The van der Waals surface area contributed by atoms with Crippen molar-refractivity contribution < 1.29 is 13.2 Å². The zero-order valence-electron chi connectivity index (χ0n) is 14.2. The smallest absolute Gasteiger partial charge is 0.253 e. The fourth-order valence-electron chi connectivity index (χ4n) is 2.67. The molecule has 0 radical (unpaired) electrons. The summed E-state index contributed by atoms with van der Waals surface area (Å²) < 4.78 is 27.2. The lowest BCUT2D eigenvalue weighted by Gasteiger charge is -2.20. The Hall–Kier alpha value is -1.11. The van der Waals surface area contributed by atoms with Crippen LogP contribution in [0, 0.1) is 0 Å². The van der Waals surface area contributed by atoms with Gasteiger partial charge in [-0.15, -0.1) is 0 Å². The molecule has 7 heteroatoms. The van der Waals surface area contributed by atoms with E-state index in [4.69, 9.17) is 11.6 Å². The van der Waals surface area contributed by atoms with Gasteiger partial charge in [-0.2, -0.15) is 4.31 Å². The van der Waals surface area contributed by atoms with Gasteiger partial charge in [0, 0.05) is 19.1 Å². The largest absolute Gasteiger partial charge is 0.350 e. The molecule has 1 aromatic carbocycles. The van der Waals surface area contributed by atoms with E-state index in [1.807, 2.05) is 13.8 Å². The molecular weight excluding hydrogens is 348 g/mol. The molecule has 1 saturated heterocycles. The highest BCUT2D eigenvalue weighted by Crippen LogP contribution is 2.25. The van der Waals surface area contributed by atoms with Crippen LogP contribution in [0.15, 0.2) is 23.1 Å². The maximum atomic E-state index is 12.9. The zero-order chi connectivity index (χ0) is 17.7. The van der Waals surface area contributed by atoms with Crippen molar-refractivity contribution in [3.05, 3.63) is 28.8 Å². The Morgan fingerprint density at radius 3 is 2.46 bits per heavy atom. The Morgan fingerprint density at radius 1 is 1.25 bits per heavy atom. The summed E-state index contributed by atoms with van der Waals surface area (Å²) in [6.07, 6.45) is 4.63. The van der Waals surface area contributed by atoms with Gasteiger partial charge in [0.1, 0.15) is 0 Å². The van der Waals surface area contributed by atoms with Crippen molar-refractivity contribution >= 4 is 27.5 Å². The number of carbonyl (C=O) groups is 1. The van der Waals surface area contributed by atoms with Crippen molar-refractivity contribution in [2.75, 3.05) is 13.1 Å². The van der Waals surface area contributed by atoms with Gasteiger partial charge in [0.25, 0.3) is 5.91 Å². The summed E-state index contributed by atoms with van der Waals surface area (Å²) in [6, 6.07) is 4.35. The second-order valence-electron chi connectivity index (χ2n) is 6.24. The fourth-order valence-corrected chi connectivity index (χ4v) is 4.42. The molecule has 1 fully saturated rings. The van der Waals surface area contributed by atoms with Crippen LogP contribution in [0.2, 0.25) is 5.02 Å². The van der Waals surface area contributed by atoms with Crippen LogP contribution in [0.1, 0.15) is 56.3 Å². The molecule has 1 aliphatic heterocycles. The molecule has 1 aliphatic rings. The van der Waals surface area contributed by atoms with Gasteiger partial charge in [-0.3, -0.25) is 4.79 Å². The maximum Gasteiger partial charge on any atom is 0.253 e. The highest BCUT2D eigenvalue weighted by molar-refractivity contribution is 7.89. The summed E-state index contributed by atoms with van der Waals surface area (Å²) in [4.78, 5) is 12.5. The van der Waals surface area contributed by atoms with Crippen molar-refractivity contribution in [1.82, 2.24) is 9.62 Å². The molecule has 134 valence electrons. The third kappa shape index (κ3) is 4.49. The highest BCUT2D eigenvalue weighted by atomic mass is 35.5. The number of benzene rings is 1. The molecule has 0 saturated carbocycles. The number of sulfonamides is 1. The quantitative estimate of drug-likeness (QED) is 0.860. The molecule has 0 spiro atoms. The molecule has 1 amide bonds. The Bertz CT molecular complexity index is 683. The number of nitrogens with one attached hydrogen (secondary N) is 1. The molecule has 1 N–H and O–H groups in total. The Balaban J connectivity index is 2.30. The van der Waals surface area contributed by atoms with E-state index in [1.54, 1.807) is 0 Å². The van der Waals surface area contributed by atoms with Crippen molar-refractivity contribution in [3.63, 3.8) is 0 Å². The van der Waals surface area contributed by atoms with Crippen LogP contribution in [-0.4, -0.2) is 37.8 Å². The minimum absolute atomic E-state index is 0.000521. The van der Waals surface area contributed by atoms with Crippen LogP contribution < -0.4 is 5.32 Å². The topological polar surface area (TPSA) is 66.5 Å². The first-order valence-electron chi connectivity index (χ1n) is 8.47. The number of hydrogen-bond acceptors (Lipinski definition) is 3. The minimum atomic E-state index is -3.60. The van der Waals surface area contributed by atoms with Gasteiger partial charge in [-0.1, -0.05) is 31.4 Å². The average molecular weight is 373 g/mol. The lowest BCUT2D eigenvalue weighted by atomic mass is 10.2. The zero-order valence-corrected chi connectivity index (χ0v) is 15.8. The molecule has 0 aliphatic carbocycles. The van der Waals surface area contributed by atoms with E-state index < -0.39 is 10.0 Å². The van der Waals surface area contributed by atoms with Crippen molar-refractivity contribution in [3.8, 4) is 0 Å². The van der Waals surface area contributed by atoms with Gasteiger partial charge in [0.15, 0.2) is 0 Å². The molecule has 1 atom stereocenters. The number of hydrogen-bond donors (Lipinski definition) is 1. The molecule has 24 heavy (non-hydrogen) atoms. The Kier molecular flexibility index (Phi) is 6.66. The number of nitrogens with zero attached hydrogens (tertiary/aromatic N) is 1. The molecule has 1 aromatic rings. The molecule has 0 aromatic heterocycles. The van der Waals surface area contributed by atoms with E-state index in [9.17, 15) is 13.2 Å². The van der Waals surface area contributed by atoms with Crippen molar-refractivity contribution in [2.45, 2.75) is 56.9 Å². The van der Waals surface area contributed by atoms with Crippen LogP contribution in [0.3, 0.4) is 0 Å². The van der Waals surface area contributed by atoms with Gasteiger partial charge in [0.2, 0.25) is 10.0 Å². The van der Waals surface area contributed by atoms with Crippen LogP contribution >= 0.6 is 11.6 Å². The molecule has 5 nitrogen and oxygen atoms in total. The predicted octanol–water partition coefficient (Wildman–Crippen LogP) is 3.43. The van der Waals surface area contributed by atoms with Gasteiger partial charge < -0.3 is 5.32 Å². The van der Waals surface area contributed by atoms with E-state index >= 15 is 0 Å². The van der Waals surface area contributed by atoms with E-state index in [-0.39, 0.29) is 27.4 Å². The fraction of sp³-hybridized carbons (Fsp3) is 0.588. The standard InChI is InChI=1S/C17H25ClN2O3S/c1-3-13(2)19-17(21)15-12-14(8-9-16(15)18)24(22,23)20-10-6-4-5-7-11-20/h8-9,12-13H,3-7,10-11H2,1-2H3,(H,19,21)/t13-/m1/s1. The number of amides is 1. The van der Waals surface area contributed by atoms with Crippen LogP contribution in [0.4, 0.5) is 0 Å². The predicted molar refractivity (Wildman–Crippen MR) is 95.9 cm³/mol. The van der Waals surface area contributed by atoms with Crippen molar-refractivity contribution in [1.29, 1.82) is 0 Å². The summed E-state index contributed by atoms with van der Waals surface area (Å²) in [5.74, 6) is -0.345. The molecule has 0 unspecified atom stereocenters. The minimum Gasteiger partial charge on any atom is -0.350 e. The van der Waals surface area contributed by atoms with Crippen molar-refractivity contribution in [2.24, 2.45) is 0 Å². The maximum absolute atomic E-state index is 12.9. The lowest BCUT2D eigenvalue weighted by Crippen LogP contribution is -2.33. The lowest BCUT2D eigenvalue weighted by molar-refractivity contribution is 0.0939. The second-order valence-corrected chi connectivity index (χ2v) is 8.59. The van der Waals surface area contributed by atoms with Crippen LogP contribution in [0.25, 0.3) is 0 Å². The summed E-state index contributed by atoms with van der Waals surface area (Å²) in [5, 5.41) is 3.08. The molecule has 1 heterocycles. The van der Waals surface area contributed by atoms with Gasteiger partial charge in [-0.25, -0.2) is 8.42 Å². The summed E-state index contributed by atoms with van der Waals surface area (Å²) in [6.45, 7) is 4.91. The monoisotopic (exact) mass is 372 g/mol. The SMILES string of the molecule is CC[C@@H](C)NC(=O)c1cc(S(=O)(=O)N2CCCCCC2)ccc1Cl. The first-order valence-corrected chi connectivity index (χ1v) is 10.3. The van der Waals surface area contributed by atoms with E-state index in [0.717, 1.165) is 32.1 Å². The third-order valence-electron chi connectivity index (χ3n) is 4.38. The van der Waals surface area contributed by atoms with Crippen LogP contribution in [-0.2, 0) is 10.0 Å². The highest BCUT2D eigenvalue weighted by Gasteiger charge is 2.26. The van der Waals surface area contributed by atoms with Gasteiger partial charge in [0.05, 0.1) is 15.5 Å². The first kappa shape index (κ1) is 19.2. The first-order chi connectivity index (χ1) is 11.4. The molecular formula is C17H25ClN2O3S. The number of rotatable bonds is 5. The Morgan fingerprint density at radius 2 is 1.88 bits per heavy atom. The summed E-state index contributed by atoms with van der Waals surface area (Å²) >= 11 is 6.11. The Labute approximate surface area is 149 Å². The van der Waals surface area contributed by atoms with Gasteiger partial charge in [-0.05, 0) is 44.4 Å².